The quantitative estimate of drug-likeness (QED) is 0.0195. The number of carbonyl (C=O) groups excluding carboxylic acids is 6. The van der Waals surface area contributed by atoms with E-state index in [4.69, 9.17) is 11.5 Å². The fraction of sp³-hybridized carbons (Fsp3) is 0.526. The number of hydrogen-bond acceptors (Lipinski definition) is 10. The predicted octanol–water partition coefficient (Wildman–Crippen LogP) is -2.04. The number of halogens is 2. The number of benzene rings is 1. The van der Waals surface area contributed by atoms with E-state index in [2.05, 4.69) is 46.5 Å². The van der Waals surface area contributed by atoms with Gasteiger partial charge in [0.2, 0.25) is 11.8 Å². The normalized spacial score (nSPS) is 14.9. The van der Waals surface area contributed by atoms with Gasteiger partial charge in [-0.25, -0.2) is 4.98 Å². The number of carbonyl (C=O) groups is 6. The number of aromatic nitrogens is 3. The molecular weight excluding hydrogens is 978 g/mol. The van der Waals surface area contributed by atoms with Crippen molar-refractivity contribution < 1.29 is 50.0 Å². The molecule has 16 nitrogen and oxygen atoms in total. The smallest absolute Gasteiger partial charge is 0.0176 e. The van der Waals surface area contributed by atoms with E-state index >= 15 is 0 Å². The third-order valence-electron chi connectivity index (χ3n) is 9.07. The van der Waals surface area contributed by atoms with E-state index in [1.165, 1.54) is 12.5 Å². The molecule has 1 aromatic carbocycles. The van der Waals surface area contributed by atoms with Gasteiger partial charge in [-0.05, 0) is 30.4 Å². The SMILES string of the molecule is CSCC[C@H](N)C(=O)N[C@H](C(=O)N[C@@H](Cc1cnc[nH]1)C(=O)N[C@@H](Cc1c[nH]c2ccccc12)C(=O)N[C@@H](CCCCN)C(=O)N[C@@H](C)C(=O)[I-]C=IC)C(C)C. The first kappa shape index (κ1) is 48.0. The average Bonchev–Trinajstić information content (AvgIpc) is 3.86. The fourth-order valence-electron chi connectivity index (χ4n) is 5.84. The number of nitrogens with one attached hydrogen (secondary N) is 7. The zero-order valence-corrected chi connectivity index (χ0v) is 38.2. The molecule has 0 unspecified atom stereocenters. The molecule has 0 bridgehead atoms. The molecule has 0 aliphatic carbocycles. The summed E-state index contributed by atoms with van der Waals surface area (Å²) in [4.78, 5) is 94.0. The summed E-state index contributed by atoms with van der Waals surface area (Å²) in [5, 5.41) is 14.9. The number of para-hydroxylation sites is 1. The van der Waals surface area contributed by atoms with Crippen LogP contribution < -0.4 is 59.3 Å². The maximum Gasteiger partial charge on any atom is -0.0176 e. The van der Waals surface area contributed by atoms with Gasteiger partial charge in [0, 0.05) is 11.9 Å². The van der Waals surface area contributed by atoms with Gasteiger partial charge in [-0.3, -0.25) is 9.59 Å². The van der Waals surface area contributed by atoms with Crippen molar-refractivity contribution in [3.63, 3.8) is 0 Å². The Morgan fingerprint density at radius 1 is 0.860 bits per heavy atom. The molecule has 5 amide bonds. The van der Waals surface area contributed by atoms with Gasteiger partial charge in [0.05, 0.1) is 12.4 Å². The van der Waals surface area contributed by atoms with Gasteiger partial charge in [0.25, 0.3) is 0 Å². The van der Waals surface area contributed by atoms with Crippen LogP contribution in [0.4, 0.5) is 0 Å². The van der Waals surface area contributed by atoms with E-state index in [0.29, 0.717) is 37.3 Å². The number of hydrogen-bond donors (Lipinski definition) is 9. The maximum atomic E-state index is 14.3. The molecule has 0 saturated carbocycles. The van der Waals surface area contributed by atoms with Crippen molar-refractivity contribution in [2.24, 2.45) is 17.4 Å². The van der Waals surface area contributed by atoms with E-state index in [1.54, 1.807) is 38.7 Å². The second-order valence-electron chi connectivity index (χ2n) is 13.9. The second kappa shape index (κ2) is 25.2. The molecule has 11 N–H and O–H groups in total. The van der Waals surface area contributed by atoms with Gasteiger partial charge in [-0.15, -0.1) is 0 Å². The van der Waals surface area contributed by atoms with Crippen molar-refractivity contribution >= 4 is 78.7 Å². The van der Waals surface area contributed by atoms with E-state index in [0.717, 1.165) is 16.5 Å². The Bertz CT molecular complexity index is 1810. The van der Waals surface area contributed by atoms with Gasteiger partial charge in [-0.2, -0.15) is 11.8 Å². The minimum atomic E-state index is -1.21. The van der Waals surface area contributed by atoms with Gasteiger partial charge in [-0.1, -0.05) is 26.0 Å². The molecule has 2 aromatic heterocycles. The molecule has 19 heteroatoms. The molecule has 0 fully saturated rings. The molecule has 2 heterocycles. The summed E-state index contributed by atoms with van der Waals surface area (Å²) in [7, 11) is 0. The average molecular weight is 1040 g/mol. The van der Waals surface area contributed by atoms with Crippen molar-refractivity contribution in [2.75, 3.05) is 23.5 Å². The molecule has 0 aliphatic heterocycles. The van der Waals surface area contributed by atoms with Crippen molar-refractivity contribution in [2.45, 2.75) is 95.5 Å². The summed E-state index contributed by atoms with van der Waals surface area (Å²) in [6, 6.07) is 1.57. The Balaban J connectivity index is 1.93. The van der Waals surface area contributed by atoms with Crippen LogP contribution in [0.25, 0.3) is 10.9 Å². The first-order chi connectivity index (χ1) is 27.3. The van der Waals surface area contributed by atoms with Crippen LogP contribution in [0.3, 0.4) is 0 Å². The molecule has 0 radical (unpaired) electrons. The molecule has 57 heavy (non-hydrogen) atoms. The fourth-order valence-corrected chi connectivity index (χ4v) is 10.6. The monoisotopic (exact) mass is 1040 g/mol. The van der Waals surface area contributed by atoms with Crippen molar-refractivity contribution in [1.29, 1.82) is 0 Å². The first-order valence-corrected chi connectivity index (χ1v) is 25.9. The molecule has 316 valence electrons. The number of imidazole rings is 1. The van der Waals surface area contributed by atoms with Crippen LogP contribution in [0.15, 0.2) is 43.0 Å². The molecular formula is C38H57I2N10O6S-. The summed E-state index contributed by atoms with van der Waals surface area (Å²) in [6.07, 6.45) is 8.50. The van der Waals surface area contributed by atoms with Crippen LogP contribution in [0.1, 0.15) is 57.7 Å². The number of unbranched alkanes of at least 4 members (excludes halogenated alkanes) is 1. The Hall–Kier alpha value is -3.41. The van der Waals surface area contributed by atoms with E-state index < -0.39 is 87.0 Å². The molecule has 0 spiro atoms. The number of alkyl halides is 1. The Morgan fingerprint density at radius 3 is 2.18 bits per heavy atom. The number of aromatic amines is 2. The van der Waals surface area contributed by atoms with Crippen LogP contribution in [0.5, 0.6) is 0 Å². The minimum absolute atomic E-state index is 0.0128. The van der Waals surface area contributed by atoms with Crippen molar-refractivity contribution in [3.05, 3.63) is 54.2 Å². The van der Waals surface area contributed by atoms with Crippen molar-refractivity contribution in [1.82, 2.24) is 41.5 Å². The van der Waals surface area contributed by atoms with Gasteiger partial charge >= 0.3 is 220 Å². The number of amides is 5. The van der Waals surface area contributed by atoms with E-state index in [1.807, 2.05) is 32.5 Å². The van der Waals surface area contributed by atoms with Gasteiger partial charge in [0.1, 0.15) is 6.04 Å². The topological polar surface area (TPSA) is 259 Å². The van der Waals surface area contributed by atoms with Crippen molar-refractivity contribution in [3.8, 4) is 0 Å². The zero-order valence-electron chi connectivity index (χ0n) is 33.0. The number of nitrogens with two attached hydrogens (primary N) is 2. The van der Waals surface area contributed by atoms with Crippen LogP contribution >= 0.6 is 32.5 Å². The Labute approximate surface area is 358 Å². The van der Waals surface area contributed by atoms with Gasteiger partial charge in [0.15, 0.2) is 0 Å². The molecule has 3 rings (SSSR count). The third-order valence-corrected chi connectivity index (χ3v) is 16.7. The number of nitrogens with zero attached hydrogens (tertiary/aromatic N) is 1. The van der Waals surface area contributed by atoms with E-state index in [9.17, 15) is 28.8 Å². The van der Waals surface area contributed by atoms with Crippen LogP contribution in [-0.4, -0.2) is 110 Å². The second-order valence-corrected chi connectivity index (χ2v) is 21.4. The third kappa shape index (κ3) is 15.7. The largest absolute Gasteiger partial charge is 0.0603 e. The Kier molecular flexibility index (Phi) is 21.2. The standard InChI is InChI=1S/C38H57I2N10O6S/c1-22(2)32(50-34(52)27(42)13-15-57-5)38(56)49-31(17-25-19-43-21-45-25)37(55)48-30(16-24-18-44-28-11-7-6-10-26(24)28)36(54)47-29(12-8-9-14-41)35(53)46-23(3)33(51)40-20-39-4/h6-7,10-11,18-23,27,29-32,44H,8-9,12-17,41-42H2,1-5H3,(H,43,45)(H,46,53)(H,47,54)(H,48,55)(H,49,56)(H,50,52)/q-1/t23-,27-,29-,30-,31-,32-/m0/s1. The predicted molar refractivity (Wildman–Crippen MR) is 229 cm³/mol. The molecule has 6 atom stereocenters. The van der Waals surface area contributed by atoms with Crippen LogP contribution in [-0.2, 0) is 41.6 Å². The molecule has 0 saturated heterocycles. The van der Waals surface area contributed by atoms with Crippen LogP contribution in [0.2, 0.25) is 0 Å². The van der Waals surface area contributed by atoms with Crippen LogP contribution in [0, 0.1) is 5.92 Å². The number of thioether (sulfide) groups is 1. The first-order valence-electron chi connectivity index (χ1n) is 18.7. The summed E-state index contributed by atoms with van der Waals surface area (Å²) < 4.78 is 2.02. The van der Waals surface area contributed by atoms with E-state index in [-0.39, 0.29) is 49.7 Å². The summed E-state index contributed by atoms with van der Waals surface area (Å²) in [5.41, 5.74) is 13.9. The maximum absolute atomic E-state index is 14.3. The summed E-state index contributed by atoms with van der Waals surface area (Å²) in [6.45, 7) is 5.58. The zero-order chi connectivity index (χ0) is 41.9. The number of rotatable bonds is 25. The van der Waals surface area contributed by atoms with Gasteiger partial charge < -0.3 is 16.0 Å². The number of H-pyrrole nitrogens is 2. The minimum Gasteiger partial charge on any atom is -0.0603 e. The summed E-state index contributed by atoms with van der Waals surface area (Å²) in [5.74, 6) is -2.58. The summed E-state index contributed by atoms with van der Waals surface area (Å²) >= 11 is 0.584. The molecule has 0 aliphatic rings. The number of fused-ring (bicyclic) bond motifs is 1. The Morgan fingerprint density at radius 2 is 1.53 bits per heavy atom. The molecule has 3 aromatic rings.